The monoisotopic (exact) mass is 343 g/mol. The second kappa shape index (κ2) is 7.62. The van der Waals surface area contributed by atoms with E-state index >= 15 is 0 Å². The van der Waals surface area contributed by atoms with Crippen molar-refractivity contribution in [1.82, 2.24) is 5.32 Å². The van der Waals surface area contributed by atoms with Crippen molar-refractivity contribution in [2.45, 2.75) is 64.0 Å². The van der Waals surface area contributed by atoms with Crippen molar-refractivity contribution in [2.75, 3.05) is 13.2 Å². The second-order valence-corrected chi connectivity index (χ2v) is 6.43. The molecule has 0 amide bonds. The topological polar surface area (TPSA) is 34.4 Å². The molecule has 2 rings (SSSR count). The Balaban J connectivity index is 2.29. The summed E-state index contributed by atoms with van der Waals surface area (Å²) < 4.78 is 13.1. The number of hydrogen-bond acceptors (Lipinski definition) is 3. The Kier molecular flexibility index (Phi) is 6.12. The van der Waals surface area contributed by atoms with Gasteiger partial charge in [0.05, 0.1) is 22.4 Å². The van der Waals surface area contributed by atoms with Crippen molar-refractivity contribution in [3.63, 3.8) is 0 Å². The molecule has 3 nitrogen and oxygen atoms in total. The molecule has 1 aromatic heterocycles. The molecule has 1 saturated carbocycles. The normalized spacial score (nSPS) is 19.9. The molecule has 0 aromatic carbocycles. The molecule has 0 bridgehead atoms. The fraction of sp³-hybridized carbons (Fsp3) is 0.750. The van der Waals surface area contributed by atoms with E-state index in [9.17, 15) is 0 Å². The van der Waals surface area contributed by atoms with E-state index < -0.39 is 0 Å². The van der Waals surface area contributed by atoms with Gasteiger partial charge in [0, 0.05) is 6.61 Å². The largest absolute Gasteiger partial charge is 0.466 e. The van der Waals surface area contributed by atoms with Crippen LogP contribution in [-0.2, 0) is 4.74 Å². The summed E-state index contributed by atoms with van der Waals surface area (Å²) in [6.07, 6.45) is 8.87. The Morgan fingerprint density at radius 3 is 2.65 bits per heavy atom. The first-order valence-electron chi connectivity index (χ1n) is 7.83. The van der Waals surface area contributed by atoms with Crippen LogP contribution >= 0.6 is 15.9 Å². The van der Waals surface area contributed by atoms with Gasteiger partial charge in [-0.05, 0) is 54.7 Å². The number of hydrogen-bond donors (Lipinski definition) is 1. The van der Waals surface area contributed by atoms with Crippen LogP contribution in [0.15, 0.2) is 21.2 Å². The maximum atomic E-state index is 6.27. The number of furan rings is 1. The van der Waals surface area contributed by atoms with E-state index in [4.69, 9.17) is 9.15 Å². The third kappa shape index (κ3) is 3.46. The predicted molar refractivity (Wildman–Crippen MR) is 84.9 cm³/mol. The molecule has 0 aliphatic heterocycles. The summed E-state index contributed by atoms with van der Waals surface area (Å²) in [5, 5.41) is 3.66. The van der Waals surface area contributed by atoms with Crippen LogP contribution < -0.4 is 5.32 Å². The van der Waals surface area contributed by atoms with Crippen molar-refractivity contribution < 1.29 is 9.15 Å². The van der Waals surface area contributed by atoms with Crippen molar-refractivity contribution in [3.05, 3.63) is 22.6 Å². The number of halogens is 1. The van der Waals surface area contributed by atoms with E-state index in [-0.39, 0.29) is 11.6 Å². The Bertz CT molecular complexity index is 393. The smallest absolute Gasteiger partial charge is 0.137 e. The summed E-state index contributed by atoms with van der Waals surface area (Å²) in [6.45, 7) is 6.01. The third-order valence-electron chi connectivity index (χ3n) is 4.16. The summed E-state index contributed by atoms with van der Waals surface area (Å²) >= 11 is 3.61. The highest BCUT2D eigenvalue weighted by atomic mass is 79.9. The molecular formula is C16H26BrNO2. The molecular weight excluding hydrogens is 318 g/mol. The summed E-state index contributed by atoms with van der Waals surface area (Å²) in [6, 6.07) is 2.10. The Morgan fingerprint density at radius 1 is 1.35 bits per heavy atom. The quantitative estimate of drug-likeness (QED) is 0.770. The lowest BCUT2D eigenvalue weighted by atomic mass is 9.78. The first kappa shape index (κ1) is 16.1. The molecule has 0 radical (unpaired) electrons. The highest BCUT2D eigenvalue weighted by Crippen LogP contribution is 2.43. The van der Waals surface area contributed by atoms with E-state index in [0.29, 0.717) is 0 Å². The zero-order valence-corrected chi connectivity index (χ0v) is 14.2. The lowest BCUT2D eigenvalue weighted by Gasteiger charge is -2.43. The Hall–Kier alpha value is -0.320. The fourth-order valence-corrected chi connectivity index (χ4v) is 3.70. The molecule has 1 unspecified atom stereocenters. The van der Waals surface area contributed by atoms with Crippen LogP contribution in [0.3, 0.4) is 0 Å². The van der Waals surface area contributed by atoms with Gasteiger partial charge < -0.3 is 14.5 Å². The van der Waals surface area contributed by atoms with Crippen molar-refractivity contribution in [3.8, 4) is 0 Å². The lowest BCUT2D eigenvalue weighted by Crippen LogP contribution is -2.48. The van der Waals surface area contributed by atoms with E-state index in [0.717, 1.165) is 42.6 Å². The summed E-state index contributed by atoms with van der Waals surface area (Å²) in [5.41, 5.74) is -0.122. The molecule has 1 aliphatic rings. The number of nitrogens with one attached hydrogen (secondary N) is 1. The molecule has 0 saturated heterocycles. The fourth-order valence-electron chi connectivity index (χ4n) is 3.27. The number of rotatable bonds is 7. The average molecular weight is 344 g/mol. The van der Waals surface area contributed by atoms with E-state index in [2.05, 4.69) is 35.1 Å². The summed E-state index contributed by atoms with van der Waals surface area (Å²) in [5.74, 6) is 0.980. The minimum absolute atomic E-state index is 0.122. The van der Waals surface area contributed by atoms with Gasteiger partial charge in [0.1, 0.15) is 5.76 Å². The molecule has 114 valence electrons. The molecule has 20 heavy (non-hydrogen) atoms. The Labute approximate surface area is 130 Å². The van der Waals surface area contributed by atoms with Crippen molar-refractivity contribution in [2.24, 2.45) is 0 Å². The van der Waals surface area contributed by atoms with Gasteiger partial charge in [-0.3, -0.25) is 0 Å². The van der Waals surface area contributed by atoms with Crippen LogP contribution in [0.25, 0.3) is 0 Å². The van der Waals surface area contributed by atoms with Crippen LogP contribution in [0.4, 0.5) is 0 Å². The van der Waals surface area contributed by atoms with Gasteiger partial charge in [0.2, 0.25) is 0 Å². The van der Waals surface area contributed by atoms with Gasteiger partial charge in [-0.2, -0.15) is 0 Å². The first-order chi connectivity index (χ1) is 9.73. The van der Waals surface area contributed by atoms with Crippen LogP contribution in [0.5, 0.6) is 0 Å². The maximum absolute atomic E-state index is 6.27. The van der Waals surface area contributed by atoms with Gasteiger partial charge in [0.15, 0.2) is 0 Å². The zero-order chi connectivity index (χ0) is 14.4. The predicted octanol–water partition coefficient (Wildman–Crippen LogP) is 4.82. The van der Waals surface area contributed by atoms with Gasteiger partial charge in [-0.25, -0.2) is 0 Å². The highest BCUT2D eigenvalue weighted by Gasteiger charge is 2.43. The highest BCUT2D eigenvalue weighted by molar-refractivity contribution is 9.10. The van der Waals surface area contributed by atoms with Gasteiger partial charge in [0.25, 0.3) is 0 Å². The summed E-state index contributed by atoms with van der Waals surface area (Å²) in [4.78, 5) is 0. The first-order valence-corrected chi connectivity index (χ1v) is 8.63. The zero-order valence-electron chi connectivity index (χ0n) is 12.6. The molecule has 1 aromatic rings. The van der Waals surface area contributed by atoms with Crippen molar-refractivity contribution >= 4 is 15.9 Å². The van der Waals surface area contributed by atoms with E-state index in [1.165, 1.54) is 19.3 Å². The second-order valence-electron chi connectivity index (χ2n) is 5.58. The molecule has 1 fully saturated rings. The van der Waals surface area contributed by atoms with Gasteiger partial charge in [-0.15, -0.1) is 0 Å². The SMILES string of the molecule is CCCNC(c1occc1Br)C1(OCC)CCCCC1. The molecule has 4 heteroatoms. The van der Waals surface area contributed by atoms with Gasteiger partial charge >= 0.3 is 0 Å². The maximum Gasteiger partial charge on any atom is 0.137 e. The molecule has 1 atom stereocenters. The molecule has 1 N–H and O–H groups in total. The van der Waals surface area contributed by atoms with Crippen LogP contribution in [0.1, 0.15) is 64.2 Å². The van der Waals surface area contributed by atoms with Crippen molar-refractivity contribution in [1.29, 1.82) is 0 Å². The van der Waals surface area contributed by atoms with Crippen LogP contribution in [0.2, 0.25) is 0 Å². The molecule has 1 aliphatic carbocycles. The molecule has 0 spiro atoms. The van der Waals surface area contributed by atoms with Gasteiger partial charge in [-0.1, -0.05) is 26.2 Å². The van der Waals surface area contributed by atoms with E-state index in [1.54, 1.807) is 6.26 Å². The number of ether oxygens (including phenoxy) is 1. The minimum Gasteiger partial charge on any atom is -0.466 e. The Morgan fingerprint density at radius 2 is 2.10 bits per heavy atom. The molecule has 1 heterocycles. The third-order valence-corrected chi connectivity index (χ3v) is 4.82. The van der Waals surface area contributed by atoms with E-state index in [1.807, 2.05) is 6.07 Å². The minimum atomic E-state index is -0.122. The average Bonchev–Trinajstić information content (AvgIpc) is 2.87. The van der Waals surface area contributed by atoms with Crippen LogP contribution in [0, 0.1) is 0 Å². The van der Waals surface area contributed by atoms with Crippen LogP contribution in [-0.4, -0.2) is 18.8 Å². The standard InChI is InChI=1S/C16H26BrNO2/c1-3-11-18-15(14-13(17)8-12-19-14)16(20-4-2)9-6-5-7-10-16/h8,12,15,18H,3-7,9-11H2,1-2H3. The summed E-state index contributed by atoms with van der Waals surface area (Å²) in [7, 11) is 0. The lowest BCUT2D eigenvalue weighted by molar-refractivity contribution is -0.0953.